The number of rotatable bonds is 6. The fourth-order valence-electron chi connectivity index (χ4n) is 4.39. The molecule has 1 aromatic rings. The Kier molecular flexibility index (Phi) is 10.7. The van der Waals surface area contributed by atoms with Gasteiger partial charge in [0.2, 0.25) is 0 Å². The smallest absolute Gasteiger partial charge is 0.338 e. The first-order chi connectivity index (χ1) is 16.1. The second-order valence-electron chi connectivity index (χ2n) is 9.88. The summed E-state index contributed by atoms with van der Waals surface area (Å²) in [5.41, 5.74) is 2.05. The number of esters is 1. The molecule has 1 heterocycles. The predicted octanol–water partition coefficient (Wildman–Crippen LogP) is 2.93. The number of benzene rings is 1. The van der Waals surface area contributed by atoms with Crippen LogP contribution in [0.25, 0.3) is 0 Å². The van der Waals surface area contributed by atoms with Gasteiger partial charge in [-0.05, 0) is 30.0 Å². The normalized spacial score (nSPS) is 29.7. The predicted molar refractivity (Wildman–Crippen MR) is 131 cm³/mol. The Labute approximate surface area is 203 Å². The number of ether oxygens (including phenoxy) is 3. The molecule has 6 atom stereocenters. The number of aliphatic hydroxyl groups is 3. The molecule has 2 rings (SSSR count). The summed E-state index contributed by atoms with van der Waals surface area (Å²) in [5.74, 6) is -0.843. The number of hydrogen-bond acceptors (Lipinski definition) is 7. The van der Waals surface area contributed by atoms with Crippen molar-refractivity contribution < 1.29 is 34.3 Å². The molecule has 7 heteroatoms. The van der Waals surface area contributed by atoms with Gasteiger partial charge in [-0.25, -0.2) is 4.79 Å². The van der Waals surface area contributed by atoms with Crippen LogP contribution >= 0.6 is 0 Å². The maximum atomic E-state index is 13.0. The van der Waals surface area contributed by atoms with Gasteiger partial charge in [0.25, 0.3) is 0 Å². The van der Waals surface area contributed by atoms with Crippen LogP contribution in [0.4, 0.5) is 0 Å². The lowest BCUT2D eigenvalue weighted by atomic mass is 9.76. The summed E-state index contributed by atoms with van der Waals surface area (Å²) in [6, 6.07) is 7.78. The van der Waals surface area contributed by atoms with Crippen LogP contribution in [0.2, 0.25) is 0 Å². The third kappa shape index (κ3) is 7.12. The summed E-state index contributed by atoms with van der Waals surface area (Å²) in [6.07, 6.45) is -0.433. The number of fused-ring (bicyclic) bond motifs is 2. The molecule has 0 aromatic heterocycles. The average molecular weight is 479 g/mol. The Balaban J connectivity index is 2.50. The molecule has 0 aliphatic carbocycles. The molecule has 1 aromatic carbocycles. The average Bonchev–Trinajstić information content (AvgIpc) is 2.83. The van der Waals surface area contributed by atoms with Gasteiger partial charge in [-0.3, -0.25) is 0 Å². The first kappa shape index (κ1) is 28.5. The second kappa shape index (κ2) is 12.8. The molecule has 0 radical (unpaired) electrons. The van der Waals surface area contributed by atoms with Crippen LogP contribution in [0.1, 0.15) is 58.1 Å². The van der Waals surface area contributed by atoms with Crippen molar-refractivity contribution in [3.05, 3.63) is 47.0 Å². The summed E-state index contributed by atoms with van der Waals surface area (Å²) < 4.78 is 17.0. The zero-order valence-electron chi connectivity index (χ0n) is 21.4. The van der Waals surface area contributed by atoms with Gasteiger partial charge in [-0.15, -0.1) is 0 Å². The summed E-state index contributed by atoms with van der Waals surface area (Å²) in [4.78, 5) is 13.0. The highest BCUT2D eigenvalue weighted by molar-refractivity contribution is 5.75. The largest absolute Gasteiger partial charge is 0.456 e. The highest BCUT2D eigenvalue weighted by Gasteiger charge is 2.36. The van der Waals surface area contributed by atoms with Crippen LogP contribution in [0, 0.1) is 5.92 Å². The minimum Gasteiger partial charge on any atom is -0.456 e. The number of carbonyl (C=O) groups is 1. The molecule has 0 spiro atoms. The van der Waals surface area contributed by atoms with Crippen LogP contribution in [0.5, 0.6) is 0 Å². The third-order valence-corrected chi connectivity index (χ3v) is 7.16. The molecule has 0 amide bonds. The minimum atomic E-state index is -1.47. The van der Waals surface area contributed by atoms with Gasteiger partial charge in [0.15, 0.2) is 6.10 Å². The SMILES string of the molecule is CCC(/C=C(/C)C1C[C@@H](OC)C[C@H](O)C(C)(C)c2cccc(c2)C[C@@H](OC)[C@H](O)C(=O)O1)CO. The van der Waals surface area contributed by atoms with Crippen LogP contribution < -0.4 is 0 Å². The highest BCUT2D eigenvalue weighted by Crippen LogP contribution is 2.32. The standard InChI is InChI=1S/C27H42O7/c1-7-18(16-28)11-17(2)22-14-21(32-5)15-24(29)27(3,4)20-10-8-9-19(12-20)13-23(33-6)25(30)26(31)34-22/h8-12,18,21-25,28-30H,7,13-16H2,1-6H3/b17-11-/t18?,21-,22?,23-,24+,25+/m1/s1. The minimum absolute atomic E-state index is 0.0127. The maximum absolute atomic E-state index is 13.0. The van der Waals surface area contributed by atoms with E-state index in [4.69, 9.17) is 14.2 Å². The molecule has 3 N–H and O–H groups in total. The quantitative estimate of drug-likeness (QED) is 0.426. The molecule has 0 saturated carbocycles. The number of aliphatic hydroxyl groups excluding tert-OH is 3. The first-order valence-electron chi connectivity index (χ1n) is 12.1. The Morgan fingerprint density at radius 2 is 1.94 bits per heavy atom. The Bertz CT molecular complexity index is 815. The van der Waals surface area contributed by atoms with Crippen molar-refractivity contribution in [2.45, 2.75) is 89.3 Å². The monoisotopic (exact) mass is 478 g/mol. The highest BCUT2D eigenvalue weighted by atomic mass is 16.6. The fourth-order valence-corrected chi connectivity index (χ4v) is 4.39. The van der Waals surface area contributed by atoms with Crippen molar-refractivity contribution in [2.75, 3.05) is 20.8 Å². The van der Waals surface area contributed by atoms with Crippen molar-refractivity contribution in [1.82, 2.24) is 0 Å². The molecule has 2 bridgehead atoms. The Hall–Kier alpha value is -1.77. The van der Waals surface area contributed by atoms with Crippen molar-refractivity contribution in [1.29, 1.82) is 0 Å². The van der Waals surface area contributed by atoms with E-state index in [1.807, 2.05) is 58.0 Å². The van der Waals surface area contributed by atoms with Crippen LogP contribution in [0.3, 0.4) is 0 Å². The lowest BCUT2D eigenvalue weighted by Crippen LogP contribution is -2.42. The molecule has 0 fully saturated rings. The van der Waals surface area contributed by atoms with E-state index in [-0.39, 0.29) is 12.5 Å². The van der Waals surface area contributed by atoms with E-state index in [1.54, 1.807) is 7.11 Å². The molecule has 0 saturated heterocycles. The van der Waals surface area contributed by atoms with Crippen molar-refractivity contribution in [2.24, 2.45) is 5.92 Å². The molecule has 1 aliphatic rings. The van der Waals surface area contributed by atoms with E-state index >= 15 is 0 Å². The lowest BCUT2D eigenvalue weighted by molar-refractivity contribution is -0.166. The van der Waals surface area contributed by atoms with Gasteiger partial charge in [0, 0.05) is 51.4 Å². The Morgan fingerprint density at radius 3 is 2.53 bits per heavy atom. The van der Waals surface area contributed by atoms with E-state index in [9.17, 15) is 20.1 Å². The van der Waals surface area contributed by atoms with Gasteiger partial charge < -0.3 is 29.5 Å². The number of hydrogen-bond donors (Lipinski definition) is 3. The summed E-state index contributed by atoms with van der Waals surface area (Å²) in [7, 11) is 3.03. The molecule has 1 aliphatic heterocycles. The summed E-state index contributed by atoms with van der Waals surface area (Å²) in [5, 5.41) is 31.6. The summed E-state index contributed by atoms with van der Waals surface area (Å²) >= 11 is 0. The van der Waals surface area contributed by atoms with Gasteiger partial charge in [0.05, 0.1) is 18.3 Å². The molecule has 192 valence electrons. The van der Waals surface area contributed by atoms with Gasteiger partial charge in [-0.1, -0.05) is 51.1 Å². The Morgan fingerprint density at radius 1 is 1.24 bits per heavy atom. The van der Waals surface area contributed by atoms with E-state index in [0.717, 1.165) is 23.1 Å². The molecule has 2 unspecified atom stereocenters. The number of cyclic esters (lactones) is 1. The zero-order chi connectivity index (χ0) is 25.5. The number of carbonyl (C=O) groups excluding carboxylic acids is 1. The van der Waals surface area contributed by atoms with Crippen molar-refractivity contribution >= 4 is 5.97 Å². The third-order valence-electron chi connectivity index (χ3n) is 7.16. The number of methoxy groups -OCH3 is 2. The van der Waals surface area contributed by atoms with Crippen LogP contribution in [-0.4, -0.2) is 72.6 Å². The van der Waals surface area contributed by atoms with E-state index < -0.39 is 41.9 Å². The van der Waals surface area contributed by atoms with E-state index in [0.29, 0.717) is 19.3 Å². The topological polar surface area (TPSA) is 105 Å². The first-order valence-corrected chi connectivity index (χ1v) is 12.1. The van der Waals surface area contributed by atoms with Crippen LogP contribution in [0.15, 0.2) is 35.9 Å². The zero-order valence-corrected chi connectivity index (χ0v) is 21.4. The molecular weight excluding hydrogens is 436 g/mol. The van der Waals surface area contributed by atoms with Gasteiger partial charge >= 0.3 is 5.97 Å². The van der Waals surface area contributed by atoms with Crippen LogP contribution in [-0.2, 0) is 30.8 Å². The lowest BCUT2D eigenvalue weighted by Gasteiger charge is -2.35. The van der Waals surface area contributed by atoms with E-state index in [2.05, 4.69) is 0 Å². The maximum Gasteiger partial charge on any atom is 0.338 e. The van der Waals surface area contributed by atoms with Gasteiger partial charge in [-0.2, -0.15) is 0 Å². The summed E-state index contributed by atoms with van der Waals surface area (Å²) in [6.45, 7) is 7.79. The van der Waals surface area contributed by atoms with Crippen molar-refractivity contribution in [3.8, 4) is 0 Å². The molecule has 7 nitrogen and oxygen atoms in total. The molecule has 34 heavy (non-hydrogen) atoms. The fraction of sp³-hybridized carbons (Fsp3) is 0.667. The molecular formula is C27H42O7. The second-order valence-corrected chi connectivity index (χ2v) is 9.88. The van der Waals surface area contributed by atoms with Gasteiger partial charge in [0.1, 0.15) is 6.10 Å². The van der Waals surface area contributed by atoms with E-state index in [1.165, 1.54) is 7.11 Å². The van der Waals surface area contributed by atoms with Crippen molar-refractivity contribution in [3.63, 3.8) is 0 Å².